The molecule has 1 aromatic carbocycles. The summed E-state index contributed by atoms with van der Waals surface area (Å²) >= 11 is 5.23. The van der Waals surface area contributed by atoms with Gasteiger partial charge in [0.25, 0.3) is 0 Å². The first kappa shape index (κ1) is 9.46. The van der Waals surface area contributed by atoms with E-state index in [2.05, 4.69) is 41.4 Å². The number of hydrogen-bond donors (Lipinski definition) is 1. The van der Waals surface area contributed by atoms with E-state index in [4.69, 9.17) is 12.2 Å². The summed E-state index contributed by atoms with van der Waals surface area (Å²) < 4.78 is 0. The van der Waals surface area contributed by atoms with Crippen LogP contribution < -0.4 is 5.32 Å². The van der Waals surface area contributed by atoms with E-state index in [9.17, 15) is 0 Å². The van der Waals surface area contributed by atoms with Gasteiger partial charge in [0, 0.05) is 13.1 Å². The average Bonchev–Trinajstić information content (AvgIpc) is 2.61. The lowest BCUT2D eigenvalue weighted by molar-refractivity contribution is 0.378. The van der Waals surface area contributed by atoms with Crippen molar-refractivity contribution in [2.24, 2.45) is 0 Å². The molecule has 0 radical (unpaired) electrons. The standard InChI is InChI=1S/C11H14N2S/c1-2-13-10(8-12-11(13)14)9-6-4-3-5-7-9/h3-7,10H,2,8H2,1H3,(H,12,14). The third kappa shape index (κ3) is 1.60. The fraction of sp³-hybridized carbons (Fsp3) is 0.364. The summed E-state index contributed by atoms with van der Waals surface area (Å²) in [6.45, 7) is 4.03. The van der Waals surface area contributed by atoms with Crippen LogP contribution in [0.4, 0.5) is 0 Å². The van der Waals surface area contributed by atoms with Crippen molar-refractivity contribution in [1.82, 2.24) is 10.2 Å². The Hall–Kier alpha value is -1.09. The van der Waals surface area contributed by atoms with Crippen LogP contribution in [0.3, 0.4) is 0 Å². The van der Waals surface area contributed by atoms with Crippen LogP contribution in [0.1, 0.15) is 18.5 Å². The van der Waals surface area contributed by atoms with Gasteiger partial charge in [0.1, 0.15) is 0 Å². The van der Waals surface area contributed by atoms with Gasteiger partial charge in [-0.05, 0) is 24.7 Å². The smallest absolute Gasteiger partial charge is 0.169 e. The molecule has 1 aromatic rings. The molecule has 0 spiro atoms. The first-order chi connectivity index (χ1) is 6.83. The summed E-state index contributed by atoms with van der Waals surface area (Å²) in [5, 5.41) is 4.10. The van der Waals surface area contributed by atoms with Crippen molar-refractivity contribution < 1.29 is 0 Å². The van der Waals surface area contributed by atoms with Crippen LogP contribution in [0.2, 0.25) is 0 Å². The maximum absolute atomic E-state index is 5.23. The van der Waals surface area contributed by atoms with Gasteiger partial charge in [0.05, 0.1) is 6.04 Å². The molecule has 1 unspecified atom stereocenters. The second-order valence-corrected chi connectivity index (χ2v) is 3.79. The molecule has 1 heterocycles. The average molecular weight is 206 g/mol. The van der Waals surface area contributed by atoms with Crippen LogP contribution in [0.5, 0.6) is 0 Å². The van der Waals surface area contributed by atoms with Crippen LogP contribution in [0.15, 0.2) is 30.3 Å². The van der Waals surface area contributed by atoms with Crippen LogP contribution in [-0.2, 0) is 0 Å². The lowest BCUT2D eigenvalue weighted by Gasteiger charge is -2.23. The SMILES string of the molecule is CCN1C(=S)NCC1c1ccccc1. The van der Waals surface area contributed by atoms with Gasteiger partial charge in [-0.1, -0.05) is 30.3 Å². The first-order valence-corrected chi connectivity index (χ1v) is 5.33. The highest BCUT2D eigenvalue weighted by molar-refractivity contribution is 7.80. The molecule has 1 fully saturated rings. The largest absolute Gasteiger partial charge is 0.360 e. The van der Waals surface area contributed by atoms with Crippen molar-refractivity contribution in [2.45, 2.75) is 13.0 Å². The Morgan fingerprint density at radius 2 is 2.14 bits per heavy atom. The maximum atomic E-state index is 5.23. The minimum atomic E-state index is 0.411. The molecule has 0 saturated carbocycles. The number of hydrogen-bond acceptors (Lipinski definition) is 1. The number of rotatable bonds is 2. The van der Waals surface area contributed by atoms with Crippen molar-refractivity contribution in [2.75, 3.05) is 13.1 Å². The summed E-state index contributed by atoms with van der Waals surface area (Å²) in [5.41, 5.74) is 1.33. The van der Waals surface area contributed by atoms with Gasteiger partial charge < -0.3 is 10.2 Å². The van der Waals surface area contributed by atoms with E-state index in [0.717, 1.165) is 18.2 Å². The molecule has 74 valence electrons. The zero-order valence-electron chi connectivity index (χ0n) is 8.23. The number of thiocarbonyl (C=S) groups is 1. The minimum absolute atomic E-state index is 0.411. The fourth-order valence-corrected chi connectivity index (χ4v) is 2.21. The highest BCUT2D eigenvalue weighted by Gasteiger charge is 2.27. The molecule has 0 amide bonds. The van der Waals surface area contributed by atoms with Crippen LogP contribution in [0.25, 0.3) is 0 Å². The molecule has 1 N–H and O–H groups in total. The maximum Gasteiger partial charge on any atom is 0.169 e. The summed E-state index contributed by atoms with van der Waals surface area (Å²) in [4.78, 5) is 2.23. The van der Waals surface area contributed by atoms with E-state index in [-0.39, 0.29) is 0 Å². The molecule has 2 nitrogen and oxygen atoms in total. The molecule has 2 rings (SSSR count). The van der Waals surface area contributed by atoms with Gasteiger partial charge in [0.2, 0.25) is 0 Å². The number of nitrogens with one attached hydrogen (secondary N) is 1. The Morgan fingerprint density at radius 1 is 1.43 bits per heavy atom. The second kappa shape index (κ2) is 3.96. The Bertz CT molecular complexity index is 323. The predicted octanol–water partition coefficient (Wildman–Crippen LogP) is 1.94. The van der Waals surface area contributed by atoms with E-state index >= 15 is 0 Å². The van der Waals surface area contributed by atoms with Crippen LogP contribution in [0, 0.1) is 0 Å². The fourth-order valence-electron chi connectivity index (χ4n) is 1.87. The Balaban J connectivity index is 2.23. The van der Waals surface area contributed by atoms with Gasteiger partial charge in [-0.25, -0.2) is 0 Å². The van der Waals surface area contributed by atoms with Gasteiger partial charge in [0.15, 0.2) is 5.11 Å². The molecule has 0 bridgehead atoms. The summed E-state index contributed by atoms with van der Waals surface area (Å²) in [6, 6.07) is 10.9. The molecule has 0 aliphatic carbocycles. The summed E-state index contributed by atoms with van der Waals surface area (Å²) in [6.07, 6.45) is 0. The van der Waals surface area contributed by atoms with Crippen molar-refractivity contribution >= 4 is 17.3 Å². The molecule has 1 aliphatic rings. The van der Waals surface area contributed by atoms with Gasteiger partial charge in [-0.2, -0.15) is 0 Å². The molecule has 1 atom stereocenters. The van der Waals surface area contributed by atoms with E-state index in [1.807, 2.05) is 6.07 Å². The Morgan fingerprint density at radius 3 is 2.79 bits per heavy atom. The third-order valence-corrected chi connectivity index (χ3v) is 2.99. The van der Waals surface area contributed by atoms with E-state index < -0.39 is 0 Å². The number of benzene rings is 1. The summed E-state index contributed by atoms with van der Waals surface area (Å²) in [5.74, 6) is 0. The number of likely N-dealkylation sites (N-methyl/N-ethyl adjacent to an activating group) is 1. The predicted molar refractivity (Wildman–Crippen MR) is 62.2 cm³/mol. The topological polar surface area (TPSA) is 15.3 Å². The van der Waals surface area contributed by atoms with Crippen molar-refractivity contribution in [3.8, 4) is 0 Å². The number of nitrogens with zero attached hydrogens (tertiary/aromatic N) is 1. The normalized spacial score (nSPS) is 21.1. The first-order valence-electron chi connectivity index (χ1n) is 4.92. The van der Waals surface area contributed by atoms with E-state index in [1.54, 1.807) is 0 Å². The highest BCUT2D eigenvalue weighted by atomic mass is 32.1. The highest BCUT2D eigenvalue weighted by Crippen LogP contribution is 2.23. The Labute approximate surface area is 89.9 Å². The van der Waals surface area contributed by atoms with Crippen molar-refractivity contribution in [3.05, 3.63) is 35.9 Å². The zero-order valence-corrected chi connectivity index (χ0v) is 9.05. The summed E-state index contributed by atoms with van der Waals surface area (Å²) in [7, 11) is 0. The molecule has 1 aliphatic heterocycles. The quantitative estimate of drug-likeness (QED) is 0.744. The zero-order chi connectivity index (χ0) is 9.97. The monoisotopic (exact) mass is 206 g/mol. The van der Waals surface area contributed by atoms with Gasteiger partial charge >= 0.3 is 0 Å². The van der Waals surface area contributed by atoms with E-state index in [1.165, 1.54) is 5.56 Å². The lowest BCUT2D eigenvalue weighted by atomic mass is 10.1. The van der Waals surface area contributed by atoms with E-state index in [0.29, 0.717) is 6.04 Å². The molecular formula is C11H14N2S. The molecule has 0 aromatic heterocycles. The Kier molecular flexibility index (Phi) is 2.68. The minimum Gasteiger partial charge on any atom is -0.360 e. The van der Waals surface area contributed by atoms with Gasteiger partial charge in [-0.15, -0.1) is 0 Å². The molecular weight excluding hydrogens is 192 g/mol. The van der Waals surface area contributed by atoms with Crippen LogP contribution >= 0.6 is 12.2 Å². The lowest BCUT2D eigenvalue weighted by Crippen LogP contribution is -2.29. The van der Waals surface area contributed by atoms with Crippen molar-refractivity contribution in [1.29, 1.82) is 0 Å². The second-order valence-electron chi connectivity index (χ2n) is 3.40. The molecule has 14 heavy (non-hydrogen) atoms. The molecule has 3 heteroatoms. The molecule has 1 saturated heterocycles. The van der Waals surface area contributed by atoms with Crippen molar-refractivity contribution in [3.63, 3.8) is 0 Å². The van der Waals surface area contributed by atoms with Gasteiger partial charge in [-0.3, -0.25) is 0 Å². The van der Waals surface area contributed by atoms with Crippen LogP contribution in [-0.4, -0.2) is 23.1 Å². The third-order valence-electron chi connectivity index (χ3n) is 2.61.